The molecule has 1 fully saturated rings. The minimum atomic E-state index is 0.670. The molecular formula is C12H19N3. The van der Waals surface area contributed by atoms with E-state index < -0.39 is 0 Å². The zero-order valence-electron chi connectivity index (χ0n) is 9.29. The molecule has 82 valence electrons. The van der Waals surface area contributed by atoms with Crippen LogP contribution in [-0.4, -0.2) is 24.1 Å². The Morgan fingerprint density at radius 2 is 2.47 bits per heavy atom. The number of aryl methyl sites for hydroxylation is 1. The van der Waals surface area contributed by atoms with Crippen LogP contribution in [0.3, 0.4) is 0 Å². The van der Waals surface area contributed by atoms with Crippen molar-refractivity contribution in [2.45, 2.75) is 32.4 Å². The monoisotopic (exact) mass is 205 g/mol. The minimum absolute atomic E-state index is 0.670. The minimum Gasteiger partial charge on any atom is -0.313 e. The first-order valence-corrected chi connectivity index (χ1v) is 5.70. The normalized spacial score (nSPS) is 20.7. The lowest BCUT2D eigenvalue weighted by Gasteiger charge is -2.11. The number of hydrogen-bond acceptors (Lipinski definition) is 3. The molecule has 1 aliphatic heterocycles. The summed E-state index contributed by atoms with van der Waals surface area (Å²) in [6, 6.07) is 4.87. The molecule has 0 saturated carbocycles. The van der Waals surface area contributed by atoms with E-state index in [4.69, 9.17) is 0 Å². The molecule has 0 aromatic carbocycles. The average molecular weight is 205 g/mol. The van der Waals surface area contributed by atoms with Gasteiger partial charge in [-0.15, -0.1) is 0 Å². The predicted octanol–water partition coefficient (Wildman–Crippen LogP) is 1.23. The first kappa shape index (κ1) is 10.6. The molecule has 1 aromatic heterocycles. The van der Waals surface area contributed by atoms with Gasteiger partial charge in [-0.1, -0.05) is 6.07 Å². The zero-order valence-corrected chi connectivity index (χ0v) is 9.29. The summed E-state index contributed by atoms with van der Waals surface area (Å²) in [6.45, 7) is 5.18. The molecule has 1 unspecified atom stereocenters. The fraction of sp³-hybridized carbons (Fsp3) is 0.583. The third kappa shape index (κ3) is 3.29. The van der Waals surface area contributed by atoms with Crippen molar-refractivity contribution in [1.29, 1.82) is 0 Å². The fourth-order valence-corrected chi connectivity index (χ4v) is 1.92. The highest BCUT2D eigenvalue weighted by atomic mass is 15.0. The third-order valence-electron chi connectivity index (χ3n) is 2.85. The van der Waals surface area contributed by atoms with Crippen molar-refractivity contribution in [3.8, 4) is 0 Å². The van der Waals surface area contributed by atoms with Crippen LogP contribution >= 0.6 is 0 Å². The quantitative estimate of drug-likeness (QED) is 0.776. The maximum absolute atomic E-state index is 4.27. The van der Waals surface area contributed by atoms with Gasteiger partial charge in [0.15, 0.2) is 0 Å². The smallest absolute Gasteiger partial charge is 0.0372 e. The van der Waals surface area contributed by atoms with E-state index in [0.717, 1.165) is 18.8 Å². The fourth-order valence-electron chi connectivity index (χ4n) is 1.92. The van der Waals surface area contributed by atoms with E-state index in [1.54, 1.807) is 0 Å². The van der Waals surface area contributed by atoms with Gasteiger partial charge in [0.25, 0.3) is 0 Å². The molecule has 1 aliphatic rings. The molecule has 3 nitrogen and oxygen atoms in total. The van der Waals surface area contributed by atoms with Gasteiger partial charge in [0.2, 0.25) is 0 Å². The molecule has 0 aliphatic carbocycles. The molecule has 3 heteroatoms. The molecule has 2 heterocycles. The van der Waals surface area contributed by atoms with E-state index in [1.165, 1.54) is 24.9 Å². The number of aromatic nitrogens is 1. The highest BCUT2D eigenvalue weighted by Crippen LogP contribution is 2.04. The molecule has 1 aromatic rings. The van der Waals surface area contributed by atoms with Crippen LogP contribution in [0.15, 0.2) is 18.3 Å². The average Bonchev–Trinajstić information content (AvgIpc) is 2.74. The number of nitrogens with one attached hydrogen (secondary N) is 2. The second-order valence-electron chi connectivity index (χ2n) is 4.23. The summed E-state index contributed by atoms with van der Waals surface area (Å²) < 4.78 is 0. The Balaban J connectivity index is 1.71. The SMILES string of the molecule is Cc1ccc(CNCC2CCCN2)cn1. The van der Waals surface area contributed by atoms with Gasteiger partial charge in [-0.3, -0.25) is 4.98 Å². The zero-order chi connectivity index (χ0) is 10.5. The molecular weight excluding hydrogens is 186 g/mol. The third-order valence-corrected chi connectivity index (χ3v) is 2.85. The van der Waals surface area contributed by atoms with E-state index in [9.17, 15) is 0 Å². The van der Waals surface area contributed by atoms with Crippen LogP contribution in [0.4, 0.5) is 0 Å². The van der Waals surface area contributed by atoms with Gasteiger partial charge in [0.05, 0.1) is 0 Å². The van der Waals surface area contributed by atoms with Gasteiger partial charge in [-0.25, -0.2) is 0 Å². The molecule has 1 saturated heterocycles. The summed E-state index contributed by atoms with van der Waals surface area (Å²) in [5, 5.41) is 6.93. The van der Waals surface area contributed by atoms with E-state index in [2.05, 4.69) is 27.8 Å². The van der Waals surface area contributed by atoms with Gasteiger partial charge in [0, 0.05) is 31.0 Å². The summed E-state index contributed by atoms with van der Waals surface area (Å²) in [7, 11) is 0. The number of nitrogens with zero attached hydrogens (tertiary/aromatic N) is 1. The maximum Gasteiger partial charge on any atom is 0.0372 e. The topological polar surface area (TPSA) is 37.0 Å². The van der Waals surface area contributed by atoms with Crippen molar-refractivity contribution in [3.63, 3.8) is 0 Å². The second kappa shape index (κ2) is 5.24. The van der Waals surface area contributed by atoms with Crippen molar-refractivity contribution in [2.75, 3.05) is 13.1 Å². The van der Waals surface area contributed by atoms with Gasteiger partial charge in [0.1, 0.15) is 0 Å². The van der Waals surface area contributed by atoms with Crippen molar-refractivity contribution < 1.29 is 0 Å². The van der Waals surface area contributed by atoms with Crippen LogP contribution in [0.5, 0.6) is 0 Å². The molecule has 2 rings (SSSR count). The predicted molar refractivity (Wildman–Crippen MR) is 61.7 cm³/mol. The Morgan fingerprint density at radius 1 is 1.53 bits per heavy atom. The molecule has 0 radical (unpaired) electrons. The van der Waals surface area contributed by atoms with Crippen molar-refractivity contribution in [3.05, 3.63) is 29.6 Å². The number of rotatable bonds is 4. The molecule has 0 spiro atoms. The van der Waals surface area contributed by atoms with Crippen LogP contribution < -0.4 is 10.6 Å². The van der Waals surface area contributed by atoms with Gasteiger partial charge < -0.3 is 10.6 Å². The standard InChI is InChI=1S/C12H19N3/c1-10-4-5-11(8-15-10)7-13-9-12-3-2-6-14-12/h4-5,8,12-14H,2-3,6-7,9H2,1H3. The Labute approximate surface area is 91.3 Å². The lowest BCUT2D eigenvalue weighted by Crippen LogP contribution is -2.33. The van der Waals surface area contributed by atoms with E-state index in [1.807, 2.05) is 13.1 Å². The molecule has 0 bridgehead atoms. The highest BCUT2D eigenvalue weighted by molar-refractivity contribution is 5.12. The summed E-state index contributed by atoms with van der Waals surface area (Å²) in [4.78, 5) is 4.27. The highest BCUT2D eigenvalue weighted by Gasteiger charge is 2.12. The van der Waals surface area contributed by atoms with E-state index in [-0.39, 0.29) is 0 Å². The largest absolute Gasteiger partial charge is 0.313 e. The summed E-state index contributed by atoms with van der Waals surface area (Å²) in [6.07, 6.45) is 4.57. The van der Waals surface area contributed by atoms with E-state index >= 15 is 0 Å². The van der Waals surface area contributed by atoms with Crippen molar-refractivity contribution in [1.82, 2.24) is 15.6 Å². The Kier molecular flexibility index (Phi) is 3.69. The summed E-state index contributed by atoms with van der Waals surface area (Å²) in [5.41, 5.74) is 2.34. The first-order valence-electron chi connectivity index (χ1n) is 5.70. The van der Waals surface area contributed by atoms with E-state index in [0.29, 0.717) is 6.04 Å². The second-order valence-corrected chi connectivity index (χ2v) is 4.23. The van der Waals surface area contributed by atoms with Crippen LogP contribution in [0.1, 0.15) is 24.1 Å². The molecule has 2 N–H and O–H groups in total. The van der Waals surface area contributed by atoms with Crippen LogP contribution in [-0.2, 0) is 6.54 Å². The van der Waals surface area contributed by atoms with Gasteiger partial charge in [-0.05, 0) is 37.9 Å². The van der Waals surface area contributed by atoms with Gasteiger partial charge in [-0.2, -0.15) is 0 Å². The molecule has 0 amide bonds. The Hall–Kier alpha value is -0.930. The Morgan fingerprint density at radius 3 is 3.13 bits per heavy atom. The number of pyridine rings is 1. The summed E-state index contributed by atoms with van der Waals surface area (Å²) in [5.74, 6) is 0. The lowest BCUT2D eigenvalue weighted by molar-refractivity contribution is 0.535. The number of hydrogen-bond donors (Lipinski definition) is 2. The molecule has 15 heavy (non-hydrogen) atoms. The first-order chi connectivity index (χ1) is 7.34. The van der Waals surface area contributed by atoms with Crippen LogP contribution in [0, 0.1) is 6.92 Å². The van der Waals surface area contributed by atoms with Crippen LogP contribution in [0.2, 0.25) is 0 Å². The lowest BCUT2D eigenvalue weighted by atomic mass is 10.2. The van der Waals surface area contributed by atoms with Crippen molar-refractivity contribution in [2.24, 2.45) is 0 Å². The van der Waals surface area contributed by atoms with Crippen molar-refractivity contribution >= 4 is 0 Å². The van der Waals surface area contributed by atoms with Crippen LogP contribution in [0.25, 0.3) is 0 Å². The van der Waals surface area contributed by atoms with Gasteiger partial charge >= 0.3 is 0 Å². The summed E-state index contributed by atoms with van der Waals surface area (Å²) >= 11 is 0. The Bertz CT molecular complexity index is 288. The molecule has 1 atom stereocenters. The maximum atomic E-state index is 4.27.